The molecule has 0 rings (SSSR count). The van der Waals surface area contributed by atoms with E-state index in [4.69, 9.17) is 4.74 Å². The summed E-state index contributed by atoms with van der Waals surface area (Å²) < 4.78 is 125. The molecule has 0 saturated carbocycles. The SMILES string of the molecule is COCCSCC(C(=O)O)[N+](C)(C)C(=O)C(OC(F)(F)C(C)(F)C(F)(F)F)C(F)(F)F. The Labute approximate surface area is 175 Å². The predicted octanol–water partition coefficient (Wildman–Crippen LogP) is 3.25. The van der Waals surface area contributed by atoms with Crippen LogP contribution in [0.1, 0.15) is 6.92 Å². The first-order valence-corrected chi connectivity index (χ1v) is 9.35. The fraction of sp³-hybridized carbons (Fsp3) is 0.867. The van der Waals surface area contributed by atoms with Crippen molar-refractivity contribution in [1.82, 2.24) is 0 Å². The number of likely N-dealkylation sites (N-methyl/N-ethyl adjacent to an activating group) is 1. The molecule has 0 aromatic rings. The van der Waals surface area contributed by atoms with Crippen molar-refractivity contribution in [3.63, 3.8) is 0 Å². The zero-order valence-corrected chi connectivity index (χ0v) is 17.4. The largest absolute Gasteiger partial charge is 0.477 e. The molecule has 0 spiro atoms. The van der Waals surface area contributed by atoms with E-state index in [1.165, 1.54) is 7.11 Å². The topological polar surface area (TPSA) is 72.8 Å². The highest BCUT2D eigenvalue weighted by molar-refractivity contribution is 7.99. The third-order valence-corrected chi connectivity index (χ3v) is 5.21. The molecule has 0 aliphatic carbocycles. The van der Waals surface area contributed by atoms with Crippen molar-refractivity contribution < 1.29 is 68.2 Å². The van der Waals surface area contributed by atoms with Gasteiger partial charge in [-0.2, -0.15) is 46.9 Å². The number of aliphatic carboxylic acids is 1. The van der Waals surface area contributed by atoms with Crippen molar-refractivity contribution in [3.8, 4) is 0 Å². The first-order valence-electron chi connectivity index (χ1n) is 8.20. The van der Waals surface area contributed by atoms with Gasteiger partial charge in [0.05, 0.1) is 26.5 Å². The summed E-state index contributed by atoms with van der Waals surface area (Å²) in [5, 5.41) is 9.28. The van der Waals surface area contributed by atoms with E-state index in [1.54, 1.807) is 0 Å². The van der Waals surface area contributed by atoms with Crippen molar-refractivity contribution >= 4 is 23.6 Å². The van der Waals surface area contributed by atoms with Crippen LogP contribution in [0.25, 0.3) is 0 Å². The molecule has 3 atom stereocenters. The van der Waals surface area contributed by atoms with Gasteiger partial charge >= 0.3 is 30.3 Å². The van der Waals surface area contributed by atoms with Crippen LogP contribution in [0.3, 0.4) is 0 Å². The molecule has 1 amide bonds. The summed E-state index contributed by atoms with van der Waals surface area (Å²) in [7, 11) is 2.55. The van der Waals surface area contributed by atoms with Gasteiger partial charge in [0.2, 0.25) is 6.04 Å². The van der Waals surface area contributed by atoms with Crippen LogP contribution in [-0.4, -0.2) is 97.1 Å². The summed E-state index contributed by atoms with van der Waals surface area (Å²) >= 11 is 0.846. The number of alkyl halides is 9. The van der Waals surface area contributed by atoms with Crippen molar-refractivity contribution in [1.29, 1.82) is 0 Å². The number of rotatable bonds is 11. The second kappa shape index (κ2) is 10.1. The Balaban J connectivity index is 6.03. The molecule has 0 radical (unpaired) electrons. The number of nitrogens with zero attached hydrogens (tertiary/aromatic N) is 1. The number of carboxylic acid groups (broad SMARTS) is 1. The molecule has 6 nitrogen and oxygen atoms in total. The minimum Gasteiger partial charge on any atom is -0.477 e. The number of quaternary nitrogens is 1. The summed E-state index contributed by atoms with van der Waals surface area (Å²) in [6, 6.07) is -1.93. The van der Waals surface area contributed by atoms with Crippen LogP contribution in [0, 0.1) is 0 Å². The highest BCUT2D eigenvalue weighted by atomic mass is 32.2. The molecule has 0 aromatic heterocycles. The average Bonchev–Trinajstić information content (AvgIpc) is 2.56. The van der Waals surface area contributed by atoms with E-state index in [-0.39, 0.29) is 12.4 Å². The molecule has 1 N–H and O–H groups in total. The second-order valence-electron chi connectivity index (χ2n) is 6.86. The van der Waals surface area contributed by atoms with Crippen LogP contribution in [0.2, 0.25) is 0 Å². The lowest BCUT2D eigenvalue weighted by molar-refractivity contribution is -0.831. The van der Waals surface area contributed by atoms with Crippen LogP contribution < -0.4 is 0 Å². The molecular formula is C15H21F9NO5S+. The van der Waals surface area contributed by atoms with Gasteiger partial charge in [0.25, 0.3) is 11.8 Å². The van der Waals surface area contributed by atoms with Crippen LogP contribution in [0.5, 0.6) is 0 Å². The molecule has 0 fully saturated rings. The zero-order valence-electron chi connectivity index (χ0n) is 16.6. The van der Waals surface area contributed by atoms with E-state index in [0.29, 0.717) is 14.1 Å². The Hall–Kier alpha value is -1.26. The Morgan fingerprint density at radius 3 is 1.87 bits per heavy atom. The third kappa shape index (κ3) is 7.12. The number of amides is 1. The molecule has 184 valence electrons. The minimum atomic E-state index is -6.35. The number of thioether (sulfide) groups is 1. The van der Waals surface area contributed by atoms with Crippen molar-refractivity contribution in [2.75, 3.05) is 39.3 Å². The lowest BCUT2D eigenvalue weighted by Gasteiger charge is -2.38. The third-order valence-electron chi connectivity index (χ3n) is 4.21. The van der Waals surface area contributed by atoms with Gasteiger partial charge in [0, 0.05) is 12.9 Å². The van der Waals surface area contributed by atoms with E-state index in [0.717, 1.165) is 11.8 Å². The normalized spacial score (nSPS) is 17.7. The van der Waals surface area contributed by atoms with Crippen molar-refractivity contribution in [3.05, 3.63) is 0 Å². The molecule has 0 aliphatic rings. The Kier molecular flexibility index (Phi) is 9.71. The van der Waals surface area contributed by atoms with Gasteiger partial charge in [0.1, 0.15) is 0 Å². The maximum Gasteiger partial charge on any atom is 0.430 e. The number of methoxy groups -OCH3 is 1. The van der Waals surface area contributed by atoms with E-state index in [9.17, 15) is 54.2 Å². The lowest BCUT2D eigenvalue weighted by Crippen LogP contribution is -2.66. The molecule has 31 heavy (non-hydrogen) atoms. The fourth-order valence-electron chi connectivity index (χ4n) is 2.01. The van der Waals surface area contributed by atoms with Gasteiger partial charge in [0.15, 0.2) is 0 Å². The van der Waals surface area contributed by atoms with Crippen molar-refractivity contribution in [2.45, 2.75) is 43.2 Å². The number of hydrogen-bond acceptors (Lipinski definition) is 5. The highest BCUT2D eigenvalue weighted by Crippen LogP contribution is 2.47. The highest BCUT2D eigenvalue weighted by Gasteiger charge is 2.72. The van der Waals surface area contributed by atoms with Gasteiger partial charge in [-0.25, -0.2) is 14.0 Å². The quantitative estimate of drug-likeness (QED) is 0.268. The van der Waals surface area contributed by atoms with Crippen LogP contribution in [-0.2, 0) is 19.1 Å². The van der Waals surface area contributed by atoms with E-state index in [2.05, 4.69) is 4.74 Å². The van der Waals surface area contributed by atoms with E-state index in [1.807, 2.05) is 0 Å². The monoisotopic (exact) mass is 498 g/mol. The smallest absolute Gasteiger partial charge is 0.430 e. The van der Waals surface area contributed by atoms with Crippen LogP contribution in [0.15, 0.2) is 0 Å². The fourth-order valence-corrected chi connectivity index (χ4v) is 3.20. The molecule has 0 heterocycles. The molecule has 0 saturated heterocycles. The average molecular weight is 498 g/mol. The summed E-state index contributed by atoms with van der Waals surface area (Å²) in [6.07, 6.45) is -22.7. The molecule has 0 bridgehead atoms. The predicted molar refractivity (Wildman–Crippen MR) is 89.2 cm³/mol. The summed E-state index contributed by atoms with van der Waals surface area (Å²) in [4.78, 5) is 23.9. The zero-order chi connectivity index (χ0) is 25.1. The van der Waals surface area contributed by atoms with Gasteiger partial charge in [-0.15, -0.1) is 0 Å². The minimum absolute atomic E-state index is 0.116. The standard InChI is InChI=1S/C15H20F9NO5S/c1-12(16,14(20,21)22)15(23,24)30-9(13(17,18)19)10(26)25(2,3)8(11(27)28)7-31-6-5-29-4/h8-9H,5-7H2,1-4H3/p+1. The number of carboxylic acids is 1. The molecule has 0 aromatic carbocycles. The maximum atomic E-state index is 13.8. The van der Waals surface area contributed by atoms with Crippen molar-refractivity contribution in [2.24, 2.45) is 0 Å². The number of hydrogen-bond donors (Lipinski definition) is 1. The summed E-state index contributed by atoms with van der Waals surface area (Å²) in [5.74, 6) is -4.47. The van der Waals surface area contributed by atoms with Gasteiger partial charge in [-0.05, 0) is 6.92 Å². The molecule has 0 aliphatic heterocycles. The Morgan fingerprint density at radius 1 is 1.03 bits per heavy atom. The first-order chi connectivity index (χ1) is 13.6. The van der Waals surface area contributed by atoms with Crippen LogP contribution >= 0.6 is 11.8 Å². The number of halogens is 9. The summed E-state index contributed by atoms with van der Waals surface area (Å²) in [6.45, 7) is -0.636. The lowest BCUT2D eigenvalue weighted by atomic mass is 10.1. The van der Waals surface area contributed by atoms with Gasteiger partial charge < -0.3 is 9.84 Å². The number of carbonyl (C=O) groups is 2. The molecular weight excluding hydrogens is 477 g/mol. The number of carbonyl (C=O) groups excluding carboxylic acids is 1. The maximum absolute atomic E-state index is 13.8. The number of ether oxygens (including phenoxy) is 2. The van der Waals surface area contributed by atoms with E-state index >= 15 is 0 Å². The molecule has 3 unspecified atom stereocenters. The van der Waals surface area contributed by atoms with Gasteiger partial charge in [-0.3, -0.25) is 9.22 Å². The Bertz CT molecular complexity index is 637. The van der Waals surface area contributed by atoms with E-state index < -0.39 is 65.3 Å². The Morgan fingerprint density at radius 2 is 1.52 bits per heavy atom. The van der Waals surface area contributed by atoms with Gasteiger partial charge in [-0.1, -0.05) is 0 Å². The first kappa shape index (κ1) is 29.7. The summed E-state index contributed by atoms with van der Waals surface area (Å²) in [5.41, 5.74) is -5.58. The van der Waals surface area contributed by atoms with Crippen LogP contribution in [0.4, 0.5) is 39.5 Å². The second-order valence-corrected chi connectivity index (χ2v) is 8.01. The molecule has 16 heteroatoms.